The average Bonchev–Trinajstić information content (AvgIpc) is 2.88. The lowest BCUT2D eigenvalue weighted by Gasteiger charge is -2.16. The molecule has 102 valence electrons. The lowest BCUT2D eigenvalue weighted by atomic mass is 9.98. The normalized spacial score (nSPS) is 23.7. The molecule has 2 unspecified atom stereocenters. The van der Waals surface area contributed by atoms with Crippen molar-refractivity contribution in [3.8, 4) is 0 Å². The standard InChI is InChI=1S/C12H13BrN2O3S/c13-11(8-3-4-19(17,18)6-8)7-1-2-9-10(5-7)15-12(16)14-9/h1-2,5,8,11H,3-4,6H2,(H2,14,15,16). The van der Waals surface area contributed by atoms with Crippen LogP contribution < -0.4 is 5.69 Å². The fourth-order valence-electron chi connectivity index (χ4n) is 2.55. The van der Waals surface area contributed by atoms with E-state index in [1.165, 1.54) is 0 Å². The highest BCUT2D eigenvalue weighted by molar-refractivity contribution is 9.09. The van der Waals surface area contributed by atoms with Crippen molar-refractivity contribution in [1.29, 1.82) is 0 Å². The van der Waals surface area contributed by atoms with Gasteiger partial charge in [0.25, 0.3) is 0 Å². The van der Waals surface area contributed by atoms with Crippen molar-refractivity contribution < 1.29 is 8.42 Å². The Morgan fingerprint density at radius 2 is 2.00 bits per heavy atom. The van der Waals surface area contributed by atoms with Crippen molar-refractivity contribution in [2.24, 2.45) is 5.92 Å². The molecule has 0 saturated carbocycles. The van der Waals surface area contributed by atoms with Crippen LogP contribution in [0.15, 0.2) is 23.0 Å². The number of alkyl halides is 1. The lowest BCUT2D eigenvalue weighted by Crippen LogP contribution is -2.10. The summed E-state index contributed by atoms with van der Waals surface area (Å²) in [6.45, 7) is 0. The number of imidazole rings is 1. The van der Waals surface area contributed by atoms with Gasteiger partial charge in [0.2, 0.25) is 0 Å². The van der Waals surface area contributed by atoms with Crippen LogP contribution in [0.1, 0.15) is 16.8 Å². The molecule has 0 radical (unpaired) electrons. The van der Waals surface area contributed by atoms with Crippen LogP contribution in [-0.4, -0.2) is 29.9 Å². The lowest BCUT2D eigenvalue weighted by molar-refractivity contribution is 0.580. The minimum atomic E-state index is -2.88. The molecule has 1 saturated heterocycles. The molecule has 2 aromatic rings. The van der Waals surface area contributed by atoms with Crippen molar-refractivity contribution in [2.75, 3.05) is 11.5 Å². The zero-order chi connectivity index (χ0) is 13.6. The molecule has 1 aliphatic rings. The first-order chi connectivity index (χ1) is 8.94. The smallest absolute Gasteiger partial charge is 0.306 e. The van der Waals surface area contributed by atoms with E-state index >= 15 is 0 Å². The average molecular weight is 345 g/mol. The zero-order valence-corrected chi connectivity index (χ0v) is 12.4. The second kappa shape index (κ2) is 4.49. The molecule has 5 nitrogen and oxygen atoms in total. The highest BCUT2D eigenvalue weighted by Crippen LogP contribution is 2.38. The van der Waals surface area contributed by atoms with Gasteiger partial charge in [0.05, 0.1) is 22.5 Å². The minimum Gasteiger partial charge on any atom is -0.306 e. The van der Waals surface area contributed by atoms with E-state index in [9.17, 15) is 13.2 Å². The number of aromatic nitrogens is 2. The molecule has 1 fully saturated rings. The molecule has 0 spiro atoms. The molecule has 19 heavy (non-hydrogen) atoms. The Morgan fingerprint density at radius 1 is 1.26 bits per heavy atom. The number of hydrogen-bond donors (Lipinski definition) is 2. The summed E-state index contributed by atoms with van der Waals surface area (Å²) < 4.78 is 23.0. The van der Waals surface area contributed by atoms with E-state index in [2.05, 4.69) is 25.9 Å². The molecular formula is C12H13BrN2O3S. The summed E-state index contributed by atoms with van der Waals surface area (Å²) in [6.07, 6.45) is 0.680. The van der Waals surface area contributed by atoms with E-state index in [-0.39, 0.29) is 27.9 Å². The van der Waals surface area contributed by atoms with Gasteiger partial charge in [0.1, 0.15) is 0 Å². The number of halogens is 1. The summed E-state index contributed by atoms with van der Waals surface area (Å²) in [5.41, 5.74) is 2.26. The summed E-state index contributed by atoms with van der Waals surface area (Å²) in [7, 11) is -2.88. The quantitative estimate of drug-likeness (QED) is 0.813. The summed E-state index contributed by atoms with van der Waals surface area (Å²) >= 11 is 3.59. The Labute approximate surface area is 118 Å². The Bertz CT molecular complexity index is 778. The van der Waals surface area contributed by atoms with Gasteiger partial charge in [-0.2, -0.15) is 0 Å². The molecule has 1 aromatic carbocycles. The third kappa shape index (κ3) is 2.49. The maximum absolute atomic E-state index is 11.5. The van der Waals surface area contributed by atoms with Gasteiger partial charge < -0.3 is 9.97 Å². The SMILES string of the molecule is O=c1[nH]c2ccc(C(Br)C3CCS(=O)(=O)C3)cc2[nH]1. The summed E-state index contributed by atoms with van der Waals surface area (Å²) in [5, 5.41) is 0. The largest absolute Gasteiger partial charge is 0.323 e. The van der Waals surface area contributed by atoms with E-state index in [0.717, 1.165) is 16.6 Å². The van der Waals surface area contributed by atoms with Gasteiger partial charge in [0, 0.05) is 4.83 Å². The molecule has 3 rings (SSSR count). The first-order valence-electron chi connectivity index (χ1n) is 6.01. The zero-order valence-electron chi connectivity index (χ0n) is 10.0. The third-order valence-electron chi connectivity index (χ3n) is 3.54. The molecule has 0 bridgehead atoms. The van der Waals surface area contributed by atoms with E-state index < -0.39 is 9.84 Å². The first-order valence-corrected chi connectivity index (χ1v) is 8.75. The van der Waals surface area contributed by atoms with Crippen molar-refractivity contribution in [1.82, 2.24) is 9.97 Å². The van der Waals surface area contributed by atoms with Crippen LogP contribution >= 0.6 is 15.9 Å². The summed E-state index contributed by atoms with van der Waals surface area (Å²) in [6, 6.07) is 5.63. The second-order valence-electron chi connectivity index (χ2n) is 4.95. The highest BCUT2D eigenvalue weighted by Gasteiger charge is 2.33. The molecule has 0 aliphatic carbocycles. The van der Waals surface area contributed by atoms with Crippen molar-refractivity contribution in [3.05, 3.63) is 34.2 Å². The predicted octanol–water partition coefficient (Wildman–Crippen LogP) is 1.73. The third-order valence-corrected chi connectivity index (χ3v) is 6.61. The maximum Gasteiger partial charge on any atom is 0.323 e. The van der Waals surface area contributed by atoms with Gasteiger partial charge in [-0.1, -0.05) is 22.0 Å². The molecule has 1 aromatic heterocycles. The van der Waals surface area contributed by atoms with Crippen molar-refractivity contribution in [3.63, 3.8) is 0 Å². The van der Waals surface area contributed by atoms with Crippen molar-refractivity contribution in [2.45, 2.75) is 11.2 Å². The summed E-state index contributed by atoms with van der Waals surface area (Å²) in [4.78, 5) is 16.6. The Balaban J connectivity index is 1.93. The van der Waals surface area contributed by atoms with Crippen LogP contribution in [0, 0.1) is 5.92 Å². The fraction of sp³-hybridized carbons (Fsp3) is 0.417. The molecule has 0 amide bonds. The molecule has 2 heterocycles. The first kappa shape index (κ1) is 12.9. The van der Waals surface area contributed by atoms with Crippen LogP contribution in [0.4, 0.5) is 0 Å². The second-order valence-corrected chi connectivity index (χ2v) is 8.16. The number of sulfone groups is 1. The monoisotopic (exact) mass is 344 g/mol. The van der Waals surface area contributed by atoms with E-state index in [1.54, 1.807) is 0 Å². The number of aromatic amines is 2. The molecule has 2 atom stereocenters. The Kier molecular flexibility index (Phi) is 3.05. The molecule has 1 aliphatic heterocycles. The maximum atomic E-state index is 11.5. The van der Waals surface area contributed by atoms with Gasteiger partial charge >= 0.3 is 5.69 Å². The fourth-order valence-corrected chi connectivity index (χ4v) is 5.37. The van der Waals surface area contributed by atoms with Gasteiger partial charge in [-0.3, -0.25) is 0 Å². The van der Waals surface area contributed by atoms with Gasteiger partial charge in [-0.25, -0.2) is 13.2 Å². The molecule has 2 N–H and O–H groups in total. The van der Waals surface area contributed by atoms with E-state index in [4.69, 9.17) is 0 Å². The summed E-state index contributed by atoms with van der Waals surface area (Å²) in [5.74, 6) is 0.585. The van der Waals surface area contributed by atoms with Gasteiger partial charge in [-0.05, 0) is 30.0 Å². The number of nitrogens with one attached hydrogen (secondary N) is 2. The minimum absolute atomic E-state index is 0.00687. The van der Waals surface area contributed by atoms with Crippen LogP contribution in [0.25, 0.3) is 11.0 Å². The number of fused-ring (bicyclic) bond motifs is 1. The topological polar surface area (TPSA) is 82.8 Å². The van der Waals surface area contributed by atoms with Crippen LogP contribution in [-0.2, 0) is 9.84 Å². The predicted molar refractivity (Wildman–Crippen MR) is 77.3 cm³/mol. The highest BCUT2D eigenvalue weighted by atomic mass is 79.9. The Hall–Kier alpha value is -1.08. The van der Waals surface area contributed by atoms with Gasteiger partial charge in [0.15, 0.2) is 9.84 Å². The van der Waals surface area contributed by atoms with E-state index in [1.807, 2.05) is 18.2 Å². The number of hydrogen-bond acceptors (Lipinski definition) is 3. The number of benzene rings is 1. The molecular weight excluding hydrogens is 332 g/mol. The van der Waals surface area contributed by atoms with Crippen LogP contribution in [0.5, 0.6) is 0 Å². The number of rotatable bonds is 2. The van der Waals surface area contributed by atoms with E-state index in [0.29, 0.717) is 6.42 Å². The Morgan fingerprint density at radius 3 is 2.68 bits per heavy atom. The molecule has 7 heteroatoms. The van der Waals surface area contributed by atoms with Crippen LogP contribution in [0.3, 0.4) is 0 Å². The van der Waals surface area contributed by atoms with Crippen molar-refractivity contribution >= 4 is 36.8 Å². The van der Waals surface area contributed by atoms with Gasteiger partial charge in [-0.15, -0.1) is 0 Å². The van der Waals surface area contributed by atoms with Crippen LogP contribution in [0.2, 0.25) is 0 Å². The number of H-pyrrole nitrogens is 2.